The second kappa shape index (κ2) is 15.2. The van der Waals surface area contributed by atoms with Gasteiger partial charge in [0, 0.05) is 29.9 Å². The first-order valence-corrected chi connectivity index (χ1v) is 12.2. The largest absolute Gasteiger partial charge is 0.488 e. The zero-order valence-electron chi connectivity index (χ0n) is 21.6. The average molecular weight is 565 g/mol. The first-order valence-electron chi connectivity index (χ1n) is 11.8. The third-order valence-corrected chi connectivity index (χ3v) is 5.13. The first-order chi connectivity index (χ1) is 18.5. The Morgan fingerprint density at radius 3 is 2.41 bits per heavy atom. The summed E-state index contributed by atoms with van der Waals surface area (Å²) in [6, 6.07) is 11.3. The van der Waals surface area contributed by atoms with E-state index < -0.39 is 23.2 Å². The summed E-state index contributed by atoms with van der Waals surface area (Å²) in [6.45, 7) is 4.03. The number of hydrogen-bond donors (Lipinski definition) is 4. The van der Waals surface area contributed by atoms with E-state index in [1.807, 2.05) is 5.32 Å². The molecule has 0 aliphatic carbocycles. The van der Waals surface area contributed by atoms with Crippen molar-refractivity contribution in [2.24, 2.45) is 0 Å². The molecule has 0 saturated carbocycles. The van der Waals surface area contributed by atoms with Crippen LogP contribution in [-0.4, -0.2) is 57.8 Å². The third-order valence-electron chi connectivity index (χ3n) is 4.88. The zero-order chi connectivity index (χ0) is 28.9. The van der Waals surface area contributed by atoms with Crippen LogP contribution in [0.2, 0.25) is 5.02 Å². The SMILES string of the molecule is CNCCn1c(=O)nc(Nc2ccc(OC(C)C)c(F)c2)n(Cc2ccc(Cl)cc2)c1=O.O=CNCC(=O)O. The van der Waals surface area contributed by atoms with E-state index in [1.165, 1.54) is 16.7 Å². The summed E-state index contributed by atoms with van der Waals surface area (Å²) in [6.07, 6.45) is 0.161. The van der Waals surface area contributed by atoms with Gasteiger partial charge in [-0.1, -0.05) is 23.7 Å². The number of ether oxygens (including phenoxy) is 1. The number of rotatable bonds is 12. The monoisotopic (exact) mass is 564 g/mol. The number of anilines is 2. The van der Waals surface area contributed by atoms with Crippen LogP contribution in [0.25, 0.3) is 0 Å². The number of carboxylic acid groups (broad SMARTS) is 1. The standard InChI is InChI=1S/C22H25ClFN5O3.C3H5NO3/c1-14(2)32-19-9-8-17(12-18(19)24)26-20-27-21(30)28(11-10-25-3)22(31)29(20)13-15-4-6-16(23)7-5-15;5-2-4-1-3(6)7/h4-9,12,14,25H,10-11,13H2,1-3H3,(H,26,27,30);2H,1H2,(H,4,5)(H,6,7). The molecule has 3 rings (SSSR count). The van der Waals surface area contributed by atoms with Crippen molar-refractivity contribution >= 4 is 35.6 Å². The Bertz CT molecular complexity index is 1380. The molecule has 14 heteroatoms. The molecule has 1 aromatic heterocycles. The Morgan fingerprint density at radius 2 is 1.87 bits per heavy atom. The fourth-order valence-corrected chi connectivity index (χ4v) is 3.27. The Kier molecular flexibility index (Phi) is 12.1. The molecule has 0 radical (unpaired) electrons. The molecule has 3 aromatic rings. The first kappa shape index (κ1) is 31.0. The normalized spacial score (nSPS) is 10.4. The fourth-order valence-electron chi connectivity index (χ4n) is 3.14. The van der Waals surface area contributed by atoms with Gasteiger partial charge in [-0.05, 0) is 50.7 Å². The number of hydrogen-bond acceptors (Lipinski definition) is 8. The van der Waals surface area contributed by atoms with Gasteiger partial charge in [0.05, 0.1) is 12.6 Å². The highest BCUT2D eigenvalue weighted by Crippen LogP contribution is 2.24. The van der Waals surface area contributed by atoms with Crippen LogP contribution in [-0.2, 0) is 22.7 Å². The van der Waals surface area contributed by atoms with Crippen LogP contribution in [0.1, 0.15) is 19.4 Å². The average Bonchev–Trinajstić information content (AvgIpc) is 2.88. The van der Waals surface area contributed by atoms with Crippen LogP contribution in [0.5, 0.6) is 5.75 Å². The van der Waals surface area contributed by atoms with Crippen LogP contribution in [0.15, 0.2) is 52.1 Å². The van der Waals surface area contributed by atoms with Crippen molar-refractivity contribution in [2.75, 3.05) is 25.5 Å². The number of carbonyl (C=O) groups is 2. The topological polar surface area (TPSA) is 157 Å². The molecular formula is C25H30ClFN6O6. The molecule has 2 aromatic carbocycles. The zero-order valence-corrected chi connectivity index (χ0v) is 22.4. The molecule has 0 unspecified atom stereocenters. The minimum Gasteiger partial charge on any atom is -0.488 e. The smallest absolute Gasteiger partial charge is 0.354 e. The molecule has 1 heterocycles. The van der Waals surface area contributed by atoms with E-state index in [4.69, 9.17) is 21.4 Å². The van der Waals surface area contributed by atoms with Gasteiger partial charge in [-0.3, -0.25) is 14.2 Å². The maximum absolute atomic E-state index is 14.4. The molecule has 1 amide bonds. The van der Waals surface area contributed by atoms with E-state index in [2.05, 4.69) is 15.6 Å². The molecule has 0 fully saturated rings. The van der Waals surface area contributed by atoms with Crippen molar-refractivity contribution in [3.63, 3.8) is 0 Å². The maximum atomic E-state index is 14.4. The third kappa shape index (κ3) is 9.87. The summed E-state index contributed by atoms with van der Waals surface area (Å²) in [7, 11) is 1.72. The minimum absolute atomic E-state index is 0.00702. The van der Waals surface area contributed by atoms with Gasteiger partial charge in [-0.25, -0.2) is 18.5 Å². The molecule has 12 nitrogen and oxygen atoms in total. The molecule has 0 aliphatic heterocycles. The summed E-state index contributed by atoms with van der Waals surface area (Å²) < 4.78 is 22.2. The van der Waals surface area contributed by atoms with E-state index in [0.29, 0.717) is 23.7 Å². The van der Waals surface area contributed by atoms with E-state index >= 15 is 0 Å². The van der Waals surface area contributed by atoms with Gasteiger partial charge in [0.1, 0.15) is 6.54 Å². The number of carboxylic acids is 1. The van der Waals surface area contributed by atoms with Crippen molar-refractivity contribution in [2.45, 2.75) is 33.0 Å². The predicted molar refractivity (Wildman–Crippen MR) is 144 cm³/mol. The second-order valence-electron chi connectivity index (χ2n) is 8.30. The quantitative estimate of drug-likeness (QED) is 0.241. The number of likely N-dealkylation sites (N-methyl/N-ethyl adjacent to an activating group) is 1. The van der Waals surface area contributed by atoms with Crippen molar-refractivity contribution in [3.8, 4) is 5.75 Å². The van der Waals surface area contributed by atoms with Crippen molar-refractivity contribution in [1.82, 2.24) is 24.8 Å². The molecule has 0 bridgehead atoms. The highest BCUT2D eigenvalue weighted by molar-refractivity contribution is 6.30. The Balaban J connectivity index is 0.000000673. The number of amides is 1. The Hall–Kier alpha value is -4.23. The molecule has 39 heavy (non-hydrogen) atoms. The predicted octanol–water partition coefficient (Wildman–Crippen LogP) is 1.81. The lowest BCUT2D eigenvalue weighted by atomic mass is 10.2. The van der Waals surface area contributed by atoms with Crippen LogP contribution < -0.4 is 32.1 Å². The molecule has 0 atom stereocenters. The number of halogens is 2. The van der Waals surface area contributed by atoms with E-state index in [-0.39, 0.29) is 37.4 Å². The Labute approximate surface area is 228 Å². The number of aromatic nitrogens is 3. The summed E-state index contributed by atoms with van der Waals surface area (Å²) in [5.41, 5.74) is -0.118. The van der Waals surface area contributed by atoms with Gasteiger partial charge in [0.25, 0.3) is 0 Å². The van der Waals surface area contributed by atoms with Crippen molar-refractivity contribution in [3.05, 3.63) is 79.8 Å². The van der Waals surface area contributed by atoms with Crippen molar-refractivity contribution in [1.29, 1.82) is 0 Å². The van der Waals surface area contributed by atoms with Crippen molar-refractivity contribution < 1.29 is 23.8 Å². The lowest BCUT2D eigenvalue weighted by Crippen LogP contribution is -2.44. The van der Waals surface area contributed by atoms with Crippen LogP contribution in [0, 0.1) is 5.82 Å². The van der Waals surface area contributed by atoms with Gasteiger partial charge < -0.3 is 25.8 Å². The number of nitrogens with zero attached hydrogens (tertiary/aromatic N) is 3. The van der Waals surface area contributed by atoms with Gasteiger partial charge in [0.15, 0.2) is 11.6 Å². The number of benzene rings is 2. The van der Waals surface area contributed by atoms with E-state index in [9.17, 15) is 23.6 Å². The minimum atomic E-state index is -1.04. The Morgan fingerprint density at radius 1 is 1.18 bits per heavy atom. The molecule has 0 saturated heterocycles. The molecule has 210 valence electrons. The number of carbonyl (C=O) groups excluding carboxylic acids is 1. The van der Waals surface area contributed by atoms with Gasteiger partial charge in [-0.15, -0.1) is 0 Å². The van der Waals surface area contributed by atoms with Gasteiger partial charge in [-0.2, -0.15) is 4.98 Å². The molecule has 0 aliphatic rings. The van der Waals surface area contributed by atoms with Crippen LogP contribution in [0.4, 0.5) is 16.0 Å². The lowest BCUT2D eigenvalue weighted by Gasteiger charge is -2.16. The van der Waals surface area contributed by atoms with Crippen LogP contribution >= 0.6 is 11.6 Å². The maximum Gasteiger partial charge on any atom is 0.354 e. The van der Waals surface area contributed by atoms with Gasteiger partial charge in [0.2, 0.25) is 12.4 Å². The highest BCUT2D eigenvalue weighted by Gasteiger charge is 2.15. The number of nitrogens with one attached hydrogen (secondary N) is 3. The fraction of sp³-hybridized carbons (Fsp3) is 0.320. The van der Waals surface area contributed by atoms with E-state index in [0.717, 1.165) is 10.1 Å². The summed E-state index contributed by atoms with van der Waals surface area (Å²) >= 11 is 5.96. The second-order valence-corrected chi connectivity index (χ2v) is 8.73. The highest BCUT2D eigenvalue weighted by atomic mass is 35.5. The summed E-state index contributed by atoms with van der Waals surface area (Å²) in [5, 5.41) is 16.2. The number of aliphatic carboxylic acids is 1. The summed E-state index contributed by atoms with van der Waals surface area (Å²) in [5.74, 6) is -1.49. The van der Waals surface area contributed by atoms with Gasteiger partial charge >= 0.3 is 17.3 Å². The molecule has 4 N–H and O–H groups in total. The lowest BCUT2D eigenvalue weighted by molar-refractivity contribution is -0.136. The molecule has 0 spiro atoms. The van der Waals surface area contributed by atoms with Crippen LogP contribution in [0.3, 0.4) is 0 Å². The summed E-state index contributed by atoms with van der Waals surface area (Å²) in [4.78, 5) is 48.5. The molecular weight excluding hydrogens is 535 g/mol. The van der Waals surface area contributed by atoms with E-state index in [1.54, 1.807) is 51.2 Å².